The highest BCUT2D eigenvalue weighted by molar-refractivity contribution is 5.77. The minimum absolute atomic E-state index is 0.0237. The Balaban J connectivity index is 1.99. The monoisotopic (exact) mass is 357 g/mol. The van der Waals surface area contributed by atoms with E-state index in [1.807, 2.05) is 19.1 Å². The van der Waals surface area contributed by atoms with Gasteiger partial charge in [0, 0.05) is 17.4 Å². The molecule has 9 heteroatoms. The lowest BCUT2D eigenvalue weighted by Crippen LogP contribution is -2.06. The molecule has 3 rings (SSSR count). The van der Waals surface area contributed by atoms with E-state index in [4.69, 9.17) is 0 Å². The van der Waals surface area contributed by atoms with Crippen molar-refractivity contribution in [2.45, 2.75) is 6.92 Å². The van der Waals surface area contributed by atoms with Gasteiger partial charge in [0.1, 0.15) is 6.33 Å². The molecule has 1 aromatic heterocycles. The van der Waals surface area contributed by atoms with Crippen LogP contribution in [0.3, 0.4) is 0 Å². The van der Waals surface area contributed by atoms with Gasteiger partial charge in [0.15, 0.2) is 11.6 Å². The summed E-state index contributed by atoms with van der Waals surface area (Å²) in [6, 6.07) is 10.3. The van der Waals surface area contributed by atoms with Crippen LogP contribution in [0.4, 0.5) is 37.5 Å². The van der Waals surface area contributed by atoms with Gasteiger partial charge >= 0.3 is 5.69 Å². The molecule has 0 radical (unpaired) electrons. The number of para-hydroxylation sites is 1. The minimum Gasteiger partial charge on any atom is -0.334 e. The highest BCUT2D eigenvalue weighted by Gasteiger charge is 2.24. The second-order valence-electron chi connectivity index (χ2n) is 5.37. The zero-order chi connectivity index (χ0) is 18.7. The maximum Gasteiger partial charge on any atom is 0.353 e. The van der Waals surface area contributed by atoms with Gasteiger partial charge in [-0.1, -0.05) is 18.2 Å². The summed E-state index contributed by atoms with van der Waals surface area (Å²) in [5, 5.41) is 17.1. The molecule has 3 aromatic rings. The number of hydrogen-bond donors (Lipinski definition) is 2. The average molecular weight is 357 g/mol. The number of rotatable bonds is 5. The molecular formula is C17H13F2N5O2. The van der Waals surface area contributed by atoms with Gasteiger partial charge < -0.3 is 10.6 Å². The quantitative estimate of drug-likeness (QED) is 0.517. The Morgan fingerprint density at radius 1 is 1.00 bits per heavy atom. The molecule has 132 valence electrons. The Bertz CT molecular complexity index is 981. The number of halogens is 2. The Labute approximate surface area is 146 Å². The van der Waals surface area contributed by atoms with Crippen LogP contribution in [0.15, 0.2) is 48.8 Å². The zero-order valence-corrected chi connectivity index (χ0v) is 13.5. The van der Waals surface area contributed by atoms with Crippen molar-refractivity contribution in [2.24, 2.45) is 0 Å². The van der Waals surface area contributed by atoms with Gasteiger partial charge in [-0.15, -0.1) is 0 Å². The molecule has 2 N–H and O–H groups in total. The summed E-state index contributed by atoms with van der Waals surface area (Å²) in [7, 11) is 0. The zero-order valence-electron chi connectivity index (χ0n) is 13.5. The molecular weight excluding hydrogens is 344 g/mol. The van der Waals surface area contributed by atoms with Crippen LogP contribution in [-0.2, 0) is 0 Å². The summed E-state index contributed by atoms with van der Waals surface area (Å²) in [6.07, 6.45) is 1.13. The standard InChI is InChI=1S/C17H13F2N5O2/c1-10-4-2-3-5-14(10)23-17-15(24(25)26)16(20-9-21-17)22-11-6-7-12(18)13(19)8-11/h2-9H,1H3,(H2,20,21,22,23). The van der Waals surface area contributed by atoms with Gasteiger partial charge in [-0.05, 0) is 30.7 Å². The third-order valence-electron chi connectivity index (χ3n) is 3.59. The molecule has 0 aliphatic carbocycles. The summed E-state index contributed by atoms with van der Waals surface area (Å²) in [5.74, 6) is -2.27. The lowest BCUT2D eigenvalue weighted by atomic mass is 10.2. The van der Waals surface area contributed by atoms with Crippen LogP contribution in [0.1, 0.15) is 5.56 Å². The molecule has 0 bridgehead atoms. The van der Waals surface area contributed by atoms with E-state index in [1.54, 1.807) is 12.1 Å². The fraction of sp³-hybridized carbons (Fsp3) is 0.0588. The Morgan fingerprint density at radius 2 is 1.69 bits per heavy atom. The van der Waals surface area contributed by atoms with Crippen LogP contribution in [-0.4, -0.2) is 14.9 Å². The van der Waals surface area contributed by atoms with Gasteiger partial charge in [-0.25, -0.2) is 18.7 Å². The van der Waals surface area contributed by atoms with Crippen molar-refractivity contribution in [1.82, 2.24) is 9.97 Å². The van der Waals surface area contributed by atoms with Crippen LogP contribution >= 0.6 is 0 Å². The summed E-state index contributed by atoms with van der Waals surface area (Å²) in [6.45, 7) is 1.84. The third-order valence-corrected chi connectivity index (χ3v) is 3.59. The molecule has 7 nitrogen and oxygen atoms in total. The number of nitrogens with one attached hydrogen (secondary N) is 2. The van der Waals surface area contributed by atoms with Gasteiger partial charge in [-0.2, -0.15) is 0 Å². The molecule has 26 heavy (non-hydrogen) atoms. The number of nitrogens with zero attached hydrogens (tertiary/aromatic N) is 3. The molecule has 0 saturated heterocycles. The van der Waals surface area contributed by atoms with Crippen molar-refractivity contribution in [3.8, 4) is 0 Å². The molecule has 0 aliphatic heterocycles. The number of hydrogen-bond acceptors (Lipinski definition) is 6. The smallest absolute Gasteiger partial charge is 0.334 e. The van der Waals surface area contributed by atoms with Crippen molar-refractivity contribution in [3.63, 3.8) is 0 Å². The van der Waals surface area contributed by atoms with E-state index in [-0.39, 0.29) is 17.3 Å². The summed E-state index contributed by atoms with van der Waals surface area (Å²) in [5.41, 5.74) is 1.22. The highest BCUT2D eigenvalue weighted by atomic mass is 19.2. The normalized spacial score (nSPS) is 10.4. The minimum atomic E-state index is -1.08. The SMILES string of the molecule is Cc1ccccc1Nc1ncnc(Nc2ccc(F)c(F)c2)c1[N+](=O)[O-]. The Hall–Kier alpha value is -3.62. The number of nitro groups is 1. The first-order valence-corrected chi connectivity index (χ1v) is 7.50. The molecule has 0 spiro atoms. The van der Waals surface area contributed by atoms with Gasteiger partial charge in [0.2, 0.25) is 11.6 Å². The predicted molar refractivity (Wildman–Crippen MR) is 92.8 cm³/mol. The van der Waals surface area contributed by atoms with Crippen molar-refractivity contribution < 1.29 is 13.7 Å². The molecule has 0 amide bonds. The lowest BCUT2D eigenvalue weighted by molar-refractivity contribution is -0.383. The number of benzene rings is 2. The molecule has 1 heterocycles. The van der Waals surface area contributed by atoms with E-state index in [2.05, 4.69) is 20.6 Å². The number of aromatic nitrogens is 2. The summed E-state index contributed by atoms with van der Waals surface area (Å²) >= 11 is 0. The van der Waals surface area contributed by atoms with E-state index in [0.29, 0.717) is 5.69 Å². The van der Waals surface area contributed by atoms with Crippen LogP contribution in [0.5, 0.6) is 0 Å². The Morgan fingerprint density at radius 3 is 2.35 bits per heavy atom. The summed E-state index contributed by atoms with van der Waals surface area (Å²) < 4.78 is 26.4. The second kappa shape index (κ2) is 7.09. The van der Waals surface area contributed by atoms with E-state index in [0.717, 1.165) is 24.0 Å². The highest BCUT2D eigenvalue weighted by Crippen LogP contribution is 2.33. The van der Waals surface area contributed by atoms with Gasteiger partial charge in [0.05, 0.1) is 4.92 Å². The van der Waals surface area contributed by atoms with E-state index in [1.165, 1.54) is 6.07 Å². The number of aryl methyl sites for hydroxylation is 1. The van der Waals surface area contributed by atoms with E-state index < -0.39 is 22.2 Å². The molecule has 0 unspecified atom stereocenters. The maximum atomic E-state index is 13.4. The van der Waals surface area contributed by atoms with Crippen molar-refractivity contribution in [2.75, 3.05) is 10.6 Å². The first kappa shape index (κ1) is 17.2. The van der Waals surface area contributed by atoms with E-state index in [9.17, 15) is 18.9 Å². The molecule has 0 saturated carbocycles. The van der Waals surface area contributed by atoms with E-state index >= 15 is 0 Å². The molecule has 0 atom stereocenters. The topological polar surface area (TPSA) is 93.0 Å². The average Bonchev–Trinajstić information content (AvgIpc) is 2.60. The van der Waals surface area contributed by atoms with Crippen LogP contribution in [0, 0.1) is 28.7 Å². The predicted octanol–water partition coefficient (Wildman–Crippen LogP) is 4.46. The fourth-order valence-corrected chi connectivity index (χ4v) is 2.29. The van der Waals surface area contributed by atoms with Gasteiger partial charge in [-0.3, -0.25) is 10.1 Å². The maximum absolute atomic E-state index is 13.4. The first-order valence-electron chi connectivity index (χ1n) is 7.50. The van der Waals surface area contributed by atoms with Crippen LogP contribution in [0.2, 0.25) is 0 Å². The van der Waals surface area contributed by atoms with Gasteiger partial charge in [0.25, 0.3) is 0 Å². The first-order chi connectivity index (χ1) is 12.5. The van der Waals surface area contributed by atoms with Crippen molar-refractivity contribution in [1.29, 1.82) is 0 Å². The molecule has 0 fully saturated rings. The van der Waals surface area contributed by atoms with Crippen LogP contribution < -0.4 is 10.6 Å². The van der Waals surface area contributed by atoms with Crippen molar-refractivity contribution in [3.05, 3.63) is 76.1 Å². The molecule has 0 aliphatic rings. The third kappa shape index (κ3) is 3.56. The fourth-order valence-electron chi connectivity index (χ4n) is 2.29. The largest absolute Gasteiger partial charge is 0.353 e. The molecule has 2 aromatic carbocycles. The van der Waals surface area contributed by atoms with Crippen LogP contribution in [0.25, 0.3) is 0 Å². The lowest BCUT2D eigenvalue weighted by Gasteiger charge is -2.11. The number of anilines is 4. The van der Waals surface area contributed by atoms with Crippen molar-refractivity contribution >= 4 is 28.7 Å². The summed E-state index contributed by atoms with van der Waals surface area (Å²) in [4.78, 5) is 18.7. The Kier molecular flexibility index (Phi) is 4.70. The second-order valence-corrected chi connectivity index (χ2v) is 5.37.